The number of esters is 1. The van der Waals surface area contributed by atoms with Crippen molar-refractivity contribution in [3.63, 3.8) is 0 Å². The molecule has 4 rings (SSSR count). The molecule has 1 heterocycles. The Morgan fingerprint density at radius 3 is 1.68 bits per heavy atom. The number of hydrogen-bond donors (Lipinski definition) is 1. The minimum absolute atomic E-state index is 0.0195. The van der Waals surface area contributed by atoms with E-state index in [0.717, 1.165) is 41.7 Å². The van der Waals surface area contributed by atoms with E-state index in [4.69, 9.17) is 9.15 Å². The Kier molecular flexibility index (Phi) is 16.4. The van der Waals surface area contributed by atoms with Crippen molar-refractivity contribution in [2.45, 2.75) is 168 Å². The predicted molar refractivity (Wildman–Crippen MR) is 206 cm³/mol. The van der Waals surface area contributed by atoms with Gasteiger partial charge in [0.2, 0.25) is 0 Å². The fourth-order valence-electron chi connectivity index (χ4n) is 8.06. The van der Waals surface area contributed by atoms with Crippen molar-refractivity contribution in [1.82, 2.24) is 0 Å². The average molecular weight is 687 g/mol. The topological polar surface area (TPSA) is 76.7 Å². The maximum atomic E-state index is 14.2. The quantitative estimate of drug-likeness (QED) is 0.0545. The standard InChI is InChI=1S/C45H66O5/c1-34(2)27-21-18-16-14-12-10-8-6-5-7-9-11-13-15-17-19-24-31-38(35(3)4)50-44(48)45(43(46)47)33-40-41(37-30-25-26-32-39(37)49-40)42(45)36-28-22-20-23-29-36/h20,22-23,25-26,28-30,32,34-35,38,42H,5-19,21,24,27,31,33H2,1-4H3,(H,46,47). The summed E-state index contributed by atoms with van der Waals surface area (Å²) in [6.07, 6.45) is 24.4. The van der Waals surface area contributed by atoms with Gasteiger partial charge in [0, 0.05) is 23.3 Å². The molecule has 0 spiro atoms. The first-order valence-electron chi connectivity index (χ1n) is 20.3. The monoisotopic (exact) mass is 686 g/mol. The maximum Gasteiger partial charge on any atom is 0.325 e. The highest BCUT2D eigenvalue weighted by Gasteiger charge is 2.61. The number of carbonyl (C=O) groups excluding carboxylic acids is 1. The molecule has 3 aromatic rings. The molecule has 5 heteroatoms. The zero-order chi connectivity index (χ0) is 35.8. The third kappa shape index (κ3) is 11.0. The second-order valence-corrected chi connectivity index (χ2v) is 15.9. The molecule has 1 N–H and O–H groups in total. The Hall–Kier alpha value is -3.08. The van der Waals surface area contributed by atoms with Gasteiger partial charge in [-0.3, -0.25) is 9.59 Å². The molecule has 5 nitrogen and oxygen atoms in total. The normalized spacial score (nSPS) is 17.8. The van der Waals surface area contributed by atoms with Crippen molar-refractivity contribution >= 4 is 22.9 Å². The SMILES string of the molecule is CC(C)CCCCCCCCCCCCCCCCCCCC(OC(=O)C1(C(=O)O)Cc2oc3ccccc3c2C1c1ccccc1)C(C)C. The lowest BCUT2D eigenvalue weighted by Gasteiger charge is -2.32. The minimum atomic E-state index is -1.78. The molecule has 3 unspecified atom stereocenters. The lowest BCUT2D eigenvalue weighted by atomic mass is 9.72. The summed E-state index contributed by atoms with van der Waals surface area (Å²) in [7, 11) is 0. The third-order valence-corrected chi connectivity index (χ3v) is 11.1. The third-order valence-electron chi connectivity index (χ3n) is 11.1. The average Bonchev–Trinajstić information content (AvgIpc) is 3.63. The van der Waals surface area contributed by atoms with Crippen LogP contribution >= 0.6 is 0 Å². The highest BCUT2D eigenvalue weighted by molar-refractivity contribution is 6.04. The molecule has 276 valence electrons. The van der Waals surface area contributed by atoms with Crippen LogP contribution in [0.15, 0.2) is 59.0 Å². The number of benzene rings is 2. The molecule has 0 saturated carbocycles. The number of aliphatic carboxylic acids is 1. The molecule has 0 fully saturated rings. The Morgan fingerprint density at radius 1 is 0.700 bits per heavy atom. The molecule has 1 aliphatic carbocycles. The smallest absolute Gasteiger partial charge is 0.325 e. The zero-order valence-electron chi connectivity index (χ0n) is 31.7. The second kappa shape index (κ2) is 20.7. The highest BCUT2D eigenvalue weighted by Crippen LogP contribution is 2.55. The largest absolute Gasteiger partial charge is 0.480 e. The van der Waals surface area contributed by atoms with Gasteiger partial charge < -0.3 is 14.3 Å². The number of ether oxygens (including phenoxy) is 1. The summed E-state index contributed by atoms with van der Waals surface area (Å²) in [4.78, 5) is 27.4. The van der Waals surface area contributed by atoms with Crippen LogP contribution in [0.2, 0.25) is 0 Å². The van der Waals surface area contributed by atoms with Crippen LogP contribution in [0.4, 0.5) is 0 Å². The van der Waals surface area contributed by atoms with E-state index in [-0.39, 0.29) is 18.4 Å². The van der Waals surface area contributed by atoms with Crippen LogP contribution in [0.3, 0.4) is 0 Å². The first-order valence-corrected chi connectivity index (χ1v) is 20.3. The van der Waals surface area contributed by atoms with Crippen molar-refractivity contribution in [2.24, 2.45) is 17.3 Å². The van der Waals surface area contributed by atoms with E-state index in [2.05, 4.69) is 27.7 Å². The summed E-state index contributed by atoms with van der Waals surface area (Å²) < 4.78 is 12.4. The van der Waals surface area contributed by atoms with Gasteiger partial charge in [-0.05, 0) is 36.3 Å². The van der Waals surface area contributed by atoms with Crippen molar-refractivity contribution in [2.75, 3.05) is 0 Å². The summed E-state index contributed by atoms with van der Waals surface area (Å²) >= 11 is 0. The number of carbonyl (C=O) groups is 2. The molecule has 2 aromatic carbocycles. The lowest BCUT2D eigenvalue weighted by Crippen LogP contribution is -2.46. The molecular weight excluding hydrogens is 620 g/mol. The van der Waals surface area contributed by atoms with Gasteiger partial charge in [0.05, 0.1) is 0 Å². The van der Waals surface area contributed by atoms with Crippen LogP contribution in [-0.2, 0) is 20.7 Å². The number of rotatable bonds is 25. The van der Waals surface area contributed by atoms with E-state index < -0.39 is 23.3 Å². The summed E-state index contributed by atoms with van der Waals surface area (Å²) in [5, 5.41) is 11.6. The van der Waals surface area contributed by atoms with Gasteiger partial charge in [-0.2, -0.15) is 0 Å². The fourth-order valence-corrected chi connectivity index (χ4v) is 8.06. The van der Waals surface area contributed by atoms with Gasteiger partial charge >= 0.3 is 11.9 Å². The molecule has 1 aliphatic rings. The lowest BCUT2D eigenvalue weighted by molar-refractivity contribution is -0.175. The summed E-state index contributed by atoms with van der Waals surface area (Å²) in [6.45, 7) is 8.76. The van der Waals surface area contributed by atoms with Gasteiger partial charge in [0.25, 0.3) is 0 Å². The fraction of sp³-hybridized carbons (Fsp3) is 0.644. The Labute approximate surface area is 303 Å². The van der Waals surface area contributed by atoms with Gasteiger partial charge in [0.15, 0.2) is 5.41 Å². The van der Waals surface area contributed by atoms with Crippen LogP contribution in [0.5, 0.6) is 0 Å². The van der Waals surface area contributed by atoms with Gasteiger partial charge in [-0.1, -0.05) is 185 Å². The molecule has 0 saturated heterocycles. The summed E-state index contributed by atoms with van der Waals surface area (Å²) in [6, 6.07) is 17.2. The number of carboxylic acids is 1. The Bertz CT molecular complexity index is 1420. The molecule has 0 amide bonds. The van der Waals surface area contributed by atoms with Crippen molar-refractivity contribution in [3.8, 4) is 0 Å². The summed E-state index contributed by atoms with van der Waals surface area (Å²) in [5.41, 5.74) is 0.511. The van der Waals surface area contributed by atoms with Crippen LogP contribution < -0.4 is 0 Å². The van der Waals surface area contributed by atoms with Crippen LogP contribution in [-0.4, -0.2) is 23.1 Å². The first kappa shape index (κ1) is 39.7. The molecule has 3 atom stereocenters. The minimum Gasteiger partial charge on any atom is -0.480 e. The molecule has 0 bridgehead atoms. The van der Waals surface area contributed by atoms with Crippen LogP contribution in [0.1, 0.15) is 172 Å². The molecule has 0 radical (unpaired) electrons. The Morgan fingerprint density at radius 2 is 1.18 bits per heavy atom. The van der Waals surface area contributed by atoms with E-state index in [1.54, 1.807) is 0 Å². The van der Waals surface area contributed by atoms with E-state index in [9.17, 15) is 14.7 Å². The maximum absolute atomic E-state index is 14.2. The number of fused-ring (bicyclic) bond motifs is 3. The zero-order valence-corrected chi connectivity index (χ0v) is 31.7. The van der Waals surface area contributed by atoms with Crippen molar-refractivity contribution < 1.29 is 23.8 Å². The van der Waals surface area contributed by atoms with Crippen LogP contribution in [0, 0.1) is 17.3 Å². The van der Waals surface area contributed by atoms with Crippen LogP contribution in [0.25, 0.3) is 11.0 Å². The van der Waals surface area contributed by atoms with E-state index >= 15 is 0 Å². The molecular formula is C45H66O5. The highest BCUT2D eigenvalue weighted by atomic mass is 16.5. The molecule has 0 aliphatic heterocycles. The van der Waals surface area contributed by atoms with Crippen molar-refractivity contribution in [1.29, 1.82) is 0 Å². The number of para-hydroxylation sites is 1. The number of carboxylic acid groups (broad SMARTS) is 1. The van der Waals surface area contributed by atoms with Gasteiger partial charge in [-0.15, -0.1) is 0 Å². The molecule has 50 heavy (non-hydrogen) atoms. The van der Waals surface area contributed by atoms with E-state index in [1.165, 1.54) is 103 Å². The van der Waals surface area contributed by atoms with E-state index in [1.807, 2.05) is 54.6 Å². The van der Waals surface area contributed by atoms with Crippen molar-refractivity contribution in [3.05, 3.63) is 71.5 Å². The summed E-state index contributed by atoms with van der Waals surface area (Å²) in [5.74, 6) is -0.994. The van der Waals surface area contributed by atoms with E-state index in [0.29, 0.717) is 11.3 Å². The predicted octanol–water partition coefficient (Wildman–Crippen LogP) is 12.8. The number of furan rings is 1. The van der Waals surface area contributed by atoms with Gasteiger partial charge in [0.1, 0.15) is 17.4 Å². The number of unbranched alkanes of at least 4 members (excludes halogenated alkanes) is 16. The van der Waals surface area contributed by atoms with Gasteiger partial charge in [-0.25, -0.2) is 0 Å². The Balaban J connectivity index is 1.15. The second-order valence-electron chi connectivity index (χ2n) is 15.9. The number of hydrogen-bond acceptors (Lipinski definition) is 4. The molecule has 1 aromatic heterocycles. The first-order chi connectivity index (χ1) is 24.3.